The van der Waals surface area contributed by atoms with Crippen molar-refractivity contribution in [3.63, 3.8) is 0 Å². The first kappa shape index (κ1) is 16.3. The second-order valence-electron chi connectivity index (χ2n) is 4.37. The minimum atomic E-state index is -0.535. The maximum atomic E-state index is 11.8. The summed E-state index contributed by atoms with van der Waals surface area (Å²) < 4.78 is 11.5. The first-order valence-electron chi connectivity index (χ1n) is 6.43. The minimum Gasteiger partial charge on any atom is -0.383 e. The molecule has 4 N–H and O–H groups in total. The average molecular weight is 286 g/mol. The van der Waals surface area contributed by atoms with Crippen molar-refractivity contribution in [3.8, 4) is 0 Å². The molecular formula is C12H22N4O4. The molecule has 8 nitrogen and oxygen atoms in total. The molecule has 0 aliphatic carbocycles. The maximum absolute atomic E-state index is 11.8. The number of nitrogen functional groups attached to an aromatic ring is 1. The Morgan fingerprint density at radius 1 is 1.40 bits per heavy atom. The lowest BCUT2D eigenvalue weighted by molar-refractivity contribution is 0.0365. The van der Waals surface area contributed by atoms with Gasteiger partial charge in [0.1, 0.15) is 11.5 Å². The van der Waals surface area contributed by atoms with Crippen molar-refractivity contribution in [1.29, 1.82) is 0 Å². The van der Waals surface area contributed by atoms with E-state index < -0.39 is 11.2 Å². The number of H-pyrrole nitrogens is 1. The normalized spacial score (nSPS) is 12.3. The Balaban J connectivity index is 2.97. The lowest BCUT2D eigenvalue weighted by Gasteiger charge is -2.17. The third kappa shape index (κ3) is 3.84. The Kier molecular flexibility index (Phi) is 6.26. The van der Waals surface area contributed by atoms with Crippen molar-refractivity contribution in [2.45, 2.75) is 26.0 Å². The molecule has 20 heavy (non-hydrogen) atoms. The first-order valence-corrected chi connectivity index (χ1v) is 6.43. The van der Waals surface area contributed by atoms with Crippen molar-refractivity contribution in [3.05, 3.63) is 20.8 Å². The van der Waals surface area contributed by atoms with Gasteiger partial charge in [0.25, 0.3) is 5.56 Å². The summed E-state index contributed by atoms with van der Waals surface area (Å²) in [6.07, 6.45) is 0.519. The third-order valence-electron chi connectivity index (χ3n) is 2.88. The van der Waals surface area contributed by atoms with Crippen LogP contribution in [0.25, 0.3) is 0 Å². The number of methoxy groups -OCH3 is 2. The topological polar surface area (TPSA) is 111 Å². The number of nitrogens with two attached hydrogens (primary N) is 1. The second kappa shape index (κ2) is 7.71. The van der Waals surface area contributed by atoms with Crippen LogP contribution in [-0.4, -0.2) is 43.0 Å². The van der Waals surface area contributed by atoms with Crippen molar-refractivity contribution < 1.29 is 9.47 Å². The van der Waals surface area contributed by atoms with Crippen LogP contribution in [0.5, 0.6) is 0 Å². The molecule has 0 amide bonds. The molecule has 1 rings (SSSR count). The monoisotopic (exact) mass is 286 g/mol. The predicted molar refractivity (Wildman–Crippen MR) is 77.2 cm³/mol. The number of aromatic nitrogens is 2. The van der Waals surface area contributed by atoms with E-state index in [2.05, 4.69) is 10.3 Å². The van der Waals surface area contributed by atoms with Crippen LogP contribution >= 0.6 is 0 Å². The number of nitrogens with zero attached hydrogens (tertiary/aromatic N) is 1. The molecule has 1 atom stereocenters. The molecule has 0 spiro atoms. The number of rotatable bonds is 8. The molecule has 0 bridgehead atoms. The quantitative estimate of drug-likeness (QED) is 0.599. The fourth-order valence-electron chi connectivity index (χ4n) is 1.82. The fourth-order valence-corrected chi connectivity index (χ4v) is 1.82. The highest BCUT2D eigenvalue weighted by atomic mass is 16.5. The number of ether oxygens (including phenoxy) is 2. The Hall–Kier alpha value is -1.80. The Labute approximate surface area is 116 Å². The van der Waals surface area contributed by atoms with E-state index in [4.69, 9.17) is 15.2 Å². The molecule has 0 aliphatic rings. The van der Waals surface area contributed by atoms with E-state index in [0.29, 0.717) is 19.7 Å². The minimum absolute atomic E-state index is 0.132. The Morgan fingerprint density at radius 3 is 2.65 bits per heavy atom. The largest absolute Gasteiger partial charge is 0.383 e. The molecular weight excluding hydrogens is 264 g/mol. The molecule has 1 heterocycles. The molecule has 0 fully saturated rings. The van der Waals surface area contributed by atoms with Crippen LogP contribution in [0, 0.1) is 0 Å². The van der Waals surface area contributed by atoms with Crippen molar-refractivity contribution in [2.24, 2.45) is 0 Å². The zero-order chi connectivity index (χ0) is 15.1. The lowest BCUT2D eigenvalue weighted by atomic mass is 10.3. The van der Waals surface area contributed by atoms with Crippen LogP contribution in [0.2, 0.25) is 0 Å². The Morgan fingerprint density at radius 2 is 2.10 bits per heavy atom. The van der Waals surface area contributed by atoms with Gasteiger partial charge in [-0.1, -0.05) is 6.92 Å². The summed E-state index contributed by atoms with van der Waals surface area (Å²) in [5, 5.41) is 2.91. The SMILES string of the molecule is CCCn1c(N)c(NCC(COC)OC)c(=O)[nH]c1=O. The van der Waals surface area contributed by atoms with Gasteiger partial charge in [0, 0.05) is 27.3 Å². The third-order valence-corrected chi connectivity index (χ3v) is 2.88. The van der Waals surface area contributed by atoms with Crippen LogP contribution in [-0.2, 0) is 16.0 Å². The van der Waals surface area contributed by atoms with Gasteiger partial charge in [-0.05, 0) is 6.42 Å². The van der Waals surface area contributed by atoms with Crippen molar-refractivity contribution in [1.82, 2.24) is 9.55 Å². The van der Waals surface area contributed by atoms with Gasteiger partial charge >= 0.3 is 5.69 Å². The van der Waals surface area contributed by atoms with E-state index in [1.807, 2.05) is 6.92 Å². The molecule has 0 saturated heterocycles. The number of aromatic amines is 1. The summed E-state index contributed by atoms with van der Waals surface area (Å²) in [7, 11) is 3.12. The van der Waals surface area contributed by atoms with Gasteiger partial charge in [0.2, 0.25) is 0 Å². The smallest absolute Gasteiger partial charge is 0.330 e. The van der Waals surface area contributed by atoms with Gasteiger partial charge in [0.15, 0.2) is 0 Å². The van der Waals surface area contributed by atoms with E-state index in [0.717, 1.165) is 6.42 Å². The summed E-state index contributed by atoms with van der Waals surface area (Å²) in [5.74, 6) is 0.132. The summed E-state index contributed by atoms with van der Waals surface area (Å²) in [6.45, 7) is 3.10. The summed E-state index contributed by atoms with van der Waals surface area (Å²) >= 11 is 0. The van der Waals surface area contributed by atoms with Gasteiger partial charge < -0.3 is 20.5 Å². The molecule has 114 valence electrons. The molecule has 1 aromatic rings. The molecule has 8 heteroatoms. The van der Waals surface area contributed by atoms with E-state index in [1.54, 1.807) is 14.2 Å². The number of anilines is 2. The molecule has 0 aromatic carbocycles. The Bertz CT molecular complexity index is 537. The summed E-state index contributed by atoms with van der Waals surface area (Å²) in [6, 6.07) is 0. The van der Waals surface area contributed by atoms with Gasteiger partial charge in [-0.15, -0.1) is 0 Å². The highest BCUT2D eigenvalue weighted by molar-refractivity contribution is 5.60. The van der Waals surface area contributed by atoms with Crippen LogP contribution < -0.4 is 22.3 Å². The standard InChI is InChI=1S/C12H22N4O4/c1-4-5-16-10(13)9(11(17)15-12(16)18)14-6-8(20-3)7-19-2/h8,14H,4-7,13H2,1-3H3,(H,15,17,18). The van der Waals surface area contributed by atoms with E-state index in [-0.39, 0.29) is 17.6 Å². The first-order chi connectivity index (χ1) is 9.54. The van der Waals surface area contributed by atoms with Gasteiger partial charge in [-0.2, -0.15) is 0 Å². The van der Waals surface area contributed by atoms with Gasteiger partial charge in [-0.25, -0.2) is 4.79 Å². The number of hydrogen-bond donors (Lipinski definition) is 3. The molecule has 1 aromatic heterocycles. The van der Waals surface area contributed by atoms with Crippen LogP contribution in [0.4, 0.5) is 11.5 Å². The van der Waals surface area contributed by atoms with Crippen LogP contribution in [0.15, 0.2) is 9.59 Å². The lowest BCUT2D eigenvalue weighted by Crippen LogP contribution is -2.36. The second-order valence-corrected chi connectivity index (χ2v) is 4.37. The van der Waals surface area contributed by atoms with E-state index in [9.17, 15) is 9.59 Å². The van der Waals surface area contributed by atoms with Gasteiger partial charge in [-0.3, -0.25) is 14.3 Å². The maximum Gasteiger partial charge on any atom is 0.330 e. The molecule has 0 aliphatic heterocycles. The highest BCUT2D eigenvalue weighted by Crippen LogP contribution is 2.10. The van der Waals surface area contributed by atoms with Crippen molar-refractivity contribution >= 4 is 11.5 Å². The average Bonchev–Trinajstić information content (AvgIpc) is 2.41. The zero-order valence-electron chi connectivity index (χ0n) is 12.1. The highest BCUT2D eigenvalue weighted by Gasteiger charge is 2.14. The zero-order valence-corrected chi connectivity index (χ0v) is 12.1. The summed E-state index contributed by atoms with van der Waals surface area (Å²) in [4.78, 5) is 25.7. The van der Waals surface area contributed by atoms with Crippen LogP contribution in [0.3, 0.4) is 0 Å². The number of hydrogen-bond acceptors (Lipinski definition) is 6. The van der Waals surface area contributed by atoms with E-state index in [1.165, 1.54) is 4.57 Å². The van der Waals surface area contributed by atoms with Crippen LogP contribution in [0.1, 0.15) is 13.3 Å². The van der Waals surface area contributed by atoms with Gasteiger partial charge in [0.05, 0.1) is 12.7 Å². The number of nitrogens with one attached hydrogen (secondary N) is 2. The molecule has 0 saturated carbocycles. The predicted octanol–water partition coefficient (Wildman–Crippen LogP) is -0.398. The molecule has 1 unspecified atom stereocenters. The van der Waals surface area contributed by atoms with E-state index >= 15 is 0 Å². The summed E-state index contributed by atoms with van der Waals surface area (Å²) in [5.41, 5.74) is 5.02. The fraction of sp³-hybridized carbons (Fsp3) is 0.667. The van der Waals surface area contributed by atoms with Crippen molar-refractivity contribution in [2.75, 3.05) is 38.4 Å². The molecule has 0 radical (unpaired) electrons.